The fourth-order valence-corrected chi connectivity index (χ4v) is 3.41. The first-order valence-corrected chi connectivity index (χ1v) is 8.12. The summed E-state index contributed by atoms with van der Waals surface area (Å²) in [6.07, 6.45) is 8.45. The van der Waals surface area contributed by atoms with Crippen molar-refractivity contribution in [2.24, 2.45) is 5.41 Å². The lowest BCUT2D eigenvalue weighted by Crippen LogP contribution is -2.45. The minimum atomic E-state index is 0.528. The van der Waals surface area contributed by atoms with E-state index in [0.29, 0.717) is 11.5 Å². The van der Waals surface area contributed by atoms with Crippen LogP contribution in [0.2, 0.25) is 0 Å². The van der Waals surface area contributed by atoms with E-state index in [0.717, 1.165) is 19.2 Å². The van der Waals surface area contributed by atoms with Gasteiger partial charge in [-0.2, -0.15) is 0 Å². The molecule has 0 aliphatic heterocycles. The van der Waals surface area contributed by atoms with Crippen molar-refractivity contribution in [2.75, 3.05) is 33.4 Å². The Kier molecular flexibility index (Phi) is 5.67. The van der Waals surface area contributed by atoms with E-state index in [1.165, 1.54) is 51.6 Å². The second kappa shape index (κ2) is 7.05. The number of nitrogens with zero attached hydrogens (tertiary/aromatic N) is 1. The Morgan fingerprint density at radius 2 is 1.95 bits per heavy atom. The van der Waals surface area contributed by atoms with E-state index < -0.39 is 0 Å². The lowest BCUT2D eigenvalue weighted by Gasteiger charge is -2.36. The summed E-state index contributed by atoms with van der Waals surface area (Å²) < 4.78 is 5.29. The van der Waals surface area contributed by atoms with Crippen LogP contribution in [0.25, 0.3) is 0 Å². The molecule has 0 saturated heterocycles. The van der Waals surface area contributed by atoms with Gasteiger partial charge in [0, 0.05) is 38.8 Å². The number of methoxy groups -OCH3 is 1. The number of rotatable bonds is 9. The third-order valence-corrected chi connectivity index (χ3v) is 4.73. The Hall–Kier alpha value is -0.120. The van der Waals surface area contributed by atoms with Crippen LogP contribution < -0.4 is 5.32 Å². The predicted octanol–water partition coefficient (Wildman–Crippen LogP) is 2.66. The maximum atomic E-state index is 5.29. The fourth-order valence-electron chi connectivity index (χ4n) is 3.41. The molecular formula is C16H32N2O. The molecule has 0 spiro atoms. The van der Waals surface area contributed by atoms with Gasteiger partial charge in [0.25, 0.3) is 0 Å². The molecule has 0 aromatic rings. The molecule has 0 atom stereocenters. The van der Waals surface area contributed by atoms with Crippen LogP contribution in [0.15, 0.2) is 0 Å². The summed E-state index contributed by atoms with van der Waals surface area (Å²) in [5.41, 5.74) is 0.528. The normalized spacial score (nSPS) is 22.6. The maximum absolute atomic E-state index is 5.29. The average Bonchev–Trinajstić information content (AvgIpc) is 3.13. The van der Waals surface area contributed by atoms with Crippen molar-refractivity contribution in [3.05, 3.63) is 0 Å². The molecule has 2 saturated carbocycles. The highest BCUT2D eigenvalue weighted by Gasteiger charge is 2.39. The van der Waals surface area contributed by atoms with Gasteiger partial charge in [-0.1, -0.05) is 26.7 Å². The van der Waals surface area contributed by atoms with Crippen molar-refractivity contribution >= 4 is 0 Å². The second-order valence-electron chi connectivity index (χ2n) is 6.94. The van der Waals surface area contributed by atoms with E-state index in [1.807, 2.05) is 7.11 Å². The van der Waals surface area contributed by atoms with Gasteiger partial charge in [0.15, 0.2) is 0 Å². The summed E-state index contributed by atoms with van der Waals surface area (Å²) in [5, 5.41) is 3.69. The summed E-state index contributed by atoms with van der Waals surface area (Å²) in [6.45, 7) is 8.98. The summed E-state index contributed by atoms with van der Waals surface area (Å²) in [5.74, 6) is 0. The van der Waals surface area contributed by atoms with Crippen LogP contribution in [-0.4, -0.2) is 50.3 Å². The molecule has 0 radical (unpaired) electrons. The Morgan fingerprint density at radius 1 is 1.26 bits per heavy atom. The van der Waals surface area contributed by atoms with Crippen LogP contribution in [-0.2, 0) is 4.74 Å². The molecule has 3 nitrogen and oxygen atoms in total. The van der Waals surface area contributed by atoms with Gasteiger partial charge in [0.2, 0.25) is 0 Å². The van der Waals surface area contributed by atoms with E-state index >= 15 is 0 Å². The lowest BCUT2D eigenvalue weighted by atomic mass is 9.85. The van der Waals surface area contributed by atoms with Crippen molar-refractivity contribution in [1.82, 2.24) is 10.2 Å². The van der Waals surface area contributed by atoms with E-state index in [9.17, 15) is 0 Å². The van der Waals surface area contributed by atoms with Gasteiger partial charge in [0.1, 0.15) is 0 Å². The van der Waals surface area contributed by atoms with Gasteiger partial charge >= 0.3 is 0 Å². The monoisotopic (exact) mass is 268 g/mol. The van der Waals surface area contributed by atoms with Gasteiger partial charge in [-0.3, -0.25) is 4.90 Å². The summed E-state index contributed by atoms with van der Waals surface area (Å²) in [4.78, 5) is 2.71. The van der Waals surface area contributed by atoms with Crippen molar-refractivity contribution in [2.45, 2.75) is 64.5 Å². The summed E-state index contributed by atoms with van der Waals surface area (Å²) >= 11 is 0. The number of ether oxygens (including phenoxy) is 1. The van der Waals surface area contributed by atoms with Crippen molar-refractivity contribution < 1.29 is 4.74 Å². The molecule has 0 aromatic heterocycles. The van der Waals surface area contributed by atoms with Gasteiger partial charge < -0.3 is 10.1 Å². The lowest BCUT2D eigenvalue weighted by molar-refractivity contribution is 0.0989. The predicted molar refractivity (Wildman–Crippen MR) is 80.5 cm³/mol. The van der Waals surface area contributed by atoms with Gasteiger partial charge in [-0.15, -0.1) is 0 Å². The van der Waals surface area contributed by atoms with E-state index in [2.05, 4.69) is 24.1 Å². The Labute approximate surface area is 119 Å². The molecule has 2 rings (SSSR count). The first kappa shape index (κ1) is 15.3. The van der Waals surface area contributed by atoms with Crippen LogP contribution in [0, 0.1) is 5.41 Å². The zero-order valence-electron chi connectivity index (χ0n) is 13.1. The number of hydrogen-bond donors (Lipinski definition) is 1. The minimum Gasteiger partial charge on any atom is -0.383 e. The third kappa shape index (κ3) is 4.73. The fraction of sp³-hybridized carbons (Fsp3) is 1.00. The first-order valence-electron chi connectivity index (χ1n) is 8.12. The zero-order chi connectivity index (χ0) is 13.7. The SMILES string of the molecule is COCCN(CC1(CNC(C)C)CCCC1)C1CC1. The molecule has 112 valence electrons. The quantitative estimate of drug-likeness (QED) is 0.696. The molecule has 3 heteroatoms. The van der Waals surface area contributed by atoms with Crippen LogP contribution >= 0.6 is 0 Å². The molecule has 2 fully saturated rings. The highest BCUT2D eigenvalue weighted by Crippen LogP contribution is 2.40. The van der Waals surface area contributed by atoms with Crippen LogP contribution in [0.3, 0.4) is 0 Å². The number of nitrogens with one attached hydrogen (secondary N) is 1. The molecule has 19 heavy (non-hydrogen) atoms. The van der Waals surface area contributed by atoms with Gasteiger partial charge in [-0.25, -0.2) is 0 Å². The Morgan fingerprint density at radius 3 is 2.47 bits per heavy atom. The zero-order valence-corrected chi connectivity index (χ0v) is 13.1. The Bertz CT molecular complexity index is 257. The van der Waals surface area contributed by atoms with Gasteiger partial charge in [0.05, 0.1) is 6.61 Å². The number of hydrogen-bond acceptors (Lipinski definition) is 3. The summed E-state index contributed by atoms with van der Waals surface area (Å²) in [6, 6.07) is 1.46. The topological polar surface area (TPSA) is 24.5 Å². The van der Waals surface area contributed by atoms with E-state index in [4.69, 9.17) is 4.74 Å². The second-order valence-corrected chi connectivity index (χ2v) is 6.94. The van der Waals surface area contributed by atoms with Crippen molar-refractivity contribution in [3.63, 3.8) is 0 Å². The van der Waals surface area contributed by atoms with Crippen molar-refractivity contribution in [3.8, 4) is 0 Å². The standard InChI is InChI=1S/C16H32N2O/c1-14(2)17-12-16(8-4-5-9-16)13-18(10-11-19-3)15-6-7-15/h14-15,17H,4-13H2,1-3H3. The molecule has 0 aromatic carbocycles. The molecule has 0 bridgehead atoms. The van der Waals surface area contributed by atoms with Crippen molar-refractivity contribution in [1.29, 1.82) is 0 Å². The molecular weight excluding hydrogens is 236 g/mol. The molecule has 2 aliphatic rings. The molecule has 0 amide bonds. The highest BCUT2D eigenvalue weighted by atomic mass is 16.5. The molecule has 0 heterocycles. The largest absolute Gasteiger partial charge is 0.383 e. The van der Waals surface area contributed by atoms with Gasteiger partial charge in [-0.05, 0) is 31.1 Å². The third-order valence-electron chi connectivity index (χ3n) is 4.73. The molecule has 1 N–H and O–H groups in total. The average molecular weight is 268 g/mol. The maximum Gasteiger partial charge on any atom is 0.0589 e. The highest BCUT2D eigenvalue weighted by molar-refractivity contribution is 4.94. The van der Waals surface area contributed by atoms with Crippen LogP contribution in [0.4, 0.5) is 0 Å². The van der Waals surface area contributed by atoms with E-state index in [-0.39, 0.29) is 0 Å². The smallest absolute Gasteiger partial charge is 0.0589 e. The summed E-state index contributed by atoms with van der Waals surface area (Å²) in [7, 11) is 1.82. The molecule has 2 aliphatic carbocycles. The minimum absolute atomic E-state index is 0.528. The van der Waals surface area contributed by atoms with Crippen LogP contribution in [0.1, 0.15) is 52.4 Å². The molecule has 0 unspecified atom stereocenters. The first-order chi connectivity index (χ1) is 9.15. The Balaban J connectivity index is 1.89. The van der Waals surface area contributed by atoms with E-state index in [1.54, 1.807) is 0 Å². The van der Waals surface area contributed by atoms with Crippen LogP contribution in [0.5, 0.6) is 0 Å².